The van der Waals surface area contributed by atoms with Gasteiger partial charge in [0.15, 0.2) is 0 Å². The van der Waals surface area contributed by atoms with Crippen LogP contribution < -0.4 is 10.6 Å². The molecule has 4 rings (SSSR count). The lowest BCUT2D eigenvalue weighted by Gasteiger charge is -2.48. The minimum absolute atomic E-state index is 0.409. The summed E-state index contributed by atoms with van der Waals surface area (Å²) < 4.78 is 0. The Bertz CT molecular complexity index is 621. The van der Waals surface area contributed by atoms with E-state index in [1.54, 1.807) is 0 Å². The predicted octanol–water partition coefficient (Wildman–Crippen LogP) is 2.72. The average Bonchev–Trinajstić information content (AvgIpc) is 2.46. The van der Waals surface area contributed by atoms with Crippen molar-refractivity contribution in [1.29, 1.82) is 0 Å². The van der Waals surface area contributed by atoms with Crippen LogP contribution in [0.3, 0.4) is 0 Å². The maximum Gasteiger partial charge on any atom is 0.223 e. The van der Waals surface area contributed by atoms with Gasteiger partial charge in [0, 0.05) is 23.2 Å². The van der Waals surface area contributed by atoms with Gasteiger partial charge in [-0.05, 0) is 44.7 Å². The summed E-state index contributed by atoms with van der Waals surface area (Å²) in [7, 11) is 0. The van der Waals surface area contributed by atoms with Gasteiger partial charge in [0.1, 0.15) is 0 Å². The summed E-state index contributed by atoms with van der Waals surface area (Å²) in [5.41, 5.74) is 1.42. The Balaban J connectivity index is 1.52. The van der Waals surface area contributed by atoms with E-state index in [1.165, 1.54) is 25.7 Å². The maximum atomic E-state index is 4.62. The van der Waals surface area contributed by atoms with E-state index in [9.17, 15) is 0 Å². The molecule has 1 aliphatic carbocycles. The smallest absolute Gasteiger partial charge is 0.223 e. The zero-order chi connectivity index (χ0) is 13.4. The molecule has 2 fully saturated rings. The first-order valence-corrected chi connectivity index (χ1v) is 7.56. The van der Waals surface area contributed by atoms with Crippen molar-refractivity contribution >= 4 is 16.9 Å². The molecular weight excluding hydrogens is 248 g/mol. The summed E-state index contributed by atoms with van der Waals surface area (Å²) in [6, 6.07) is 8.63. The molecule has 104 valence electrons. The molecule has 1 aliphatic heterocycles. The molecule has 2 aromatic rings. The molecule has 1 atom stereocenters. The molecular formula is C16H20N4. The molecule has 1 aromatic heterocycles. The molecule has 1 aromatic carbocycles. The summed E-state index contributed by atoms with van der Waals surface area (Å²) >= 11 is 0. The van der Waals surface area contributed by atoms with E-state index in [2.05, 4.69) is 20.6 Å². The van der Waals surface area contributed by atoms with Crippen molar-refractivity contribution in [3.63, 3.8) is 0 Å². The van der Waals surface area contributed by atoms with Gasteiger partial charge < -0.3 is 10.6 Å². The fourth-order valence-corrected chi connectivity index (χ4v) is 3.49. The van der Waals surface area contributed by atoms with Gasteiger partial charge >= 0.3 is 0 Å². The minimum atomic E-state index is 0.409. The minimum Gasteiger partial charge on any atom is -0.351 e. The first-order chi connectivity index (χ1) is 9.83. The third kappa shape index (κ3) is 2.14. The van der Waals surface area contributed by atoms with Crippen molar-refractivity contribution in [1.82, 2.24) is 15.3 Å². The molecule has 2 N–H and O–H groups in total. The molecule has 0 amide bonds. The molecule has 0 bridgehead atoms. The number of benzene rings is 1. The second kappa shape index (κ2) is 4.70. The van der Waals surface area contributed by atoms with E-state index in [-0.39, 0.29) is 0 Å². The first kappa shape index (κ1) is 12.1. The standard InChI is InChI=1S/C16H20N4/c1-2-5-14-12(4-1)11-17-15(20-14)19-13-6-9-18-16(10-13)7-3-8-16/h1-2,4-5,11,13,18H,3,6-10H2,(H,17,19,20). The Hall–Kier alpha value is -1.68. The number of nitrogens with one attached hydrogen (secondary N) is 2. The van der Waals surface area contributed by atoms with Crippen molar-refractivity contribution in [2.24, 2.45) is 0 Å². The fourth-order valence-electron chi connectivity index (χ4n) is 3.49. The van der Waals surface area contributed by atoms with Crippen LogP contribution in [0, 0.1) is 0 Å². The number of hydrogen-bond donors (Lipinski definition) is 2. The summed E-state index contributed by atoms with van der Waals surface area (Å²) in [6.07, 6.45) is 8.27. The number of nitrogens with zero attached hydrogens (tertiary/aromatic N) is 2. The van der Waals surface area contributed by atoms with Crippen LogP contribution in [-0.2, 0) is 0 Å². The van der Waals surface area contributed by atoms with Crippen molar-refractivity contribution in [3.05, 3.63) is 30.5 Å². The monoisotopic (exact) mass is 268 g/mol. The number of aromatic nitrogens is 2. The van der Waals surface area contributed by atoms with Crippen LogP contribution >= 0.6 is 0 Å². The molecule has 1 saturated carbocycles. The highest BCUT2D eigenvalue weighted by Crippen LogP contribution is 2.38. The predicted molar refractivity (Wildman–Crippen MR) is 80.8 cm³/mol. The Morgan fingerprint density at radius 2 is 2.15 bits per heavy atom. The van der Waals surface area contributed by atoms with Crippen LogP contribution in [0.15, 0.2) is 30.5 Å². The molecule has 0 radical (unpaired) electrons. The van der Waals surface area contributed by atoms with Gasteiger partial charge in [-0.25, -0.2) is 9.97 Å². The Labute approximate surface area is 119 Å². The quantitative estimate of drug-likeness (QED) is 0.879. The average molecular weight is 268 g/mol. The number of fused-ring (bicyclic) bond motifs is 1. The van der Waals surface area contributed by atoms with Gasteiger partial charge in [-0.2, -0.15) is 0 Å². The maximum absolute atomic E-state index is 4.62. The Morgan fingerprint density at radius 3 is 3.00 bits per heavy atom. The summed E-state index contributed by atoms with van der Waals surface area (Å²) in [6.45, 7) is 1.10. The topological polar surface area (TPSA) is 49.8 Å². The number of anilines is 1. The zero-order valence-electron chi connectivity index (χ0n) is 11.6. The molecule has 2 heterocycles. The molecule has 20 heavy (non-hydrogen) atoms. The lowest BCUT2D eigenvalue weighted by atomic mass is 9.70. The number of para-hydroxylation sites is 1. The second-order valence-electron chi connectivity index (χ2n) is 6.15. The van der Waals surface area contributed by atoms with Crippen molar-refractivity contribution < 1.29 is 0 Å². The van der Waals surface area contributed by atoms with Crippen LogP contribution in [-0.4, -0.2) is 28.1 Å². The third-order valence-corrected chi connectivity index (χ3v) is 4.76. The molecule has 1 spiro atoms. The van der Waals surface area contributed by atoms with E-state index in [4.69, 9.17) is 0 Å². The zero-order valence-corrected chi connectivity index (χ0v) is 11.6. The lowest BCUT2D eigenvalue weighted by molar-refractivity contribution is 0.135. The van der Waals surface area contributed by atoms with Crippen molar-refractivity contribution in [3.8, 4) is 0 Å². The summed E-state index contributed by atoms with van der Waals surface area (Å²) in [4.78, 5) is 9.07. The van der Waals surface area contributed by atoms with E-state index in [1.807, 2.05) is 30.5 Å². The Morgan fingerprint density at radius 1 is 1.25 bits per heavy atom. The molecule has 1 unspecified atom stereocenters. The lowest BCUT2D eigenvalue weighted by Crippen LogP contribution is -2.58. The van der Waals surface area contributed by atoms with Crippen LogP contribution in [0.4, 0.5) is 5.95 Å². The van der Waals surface area contributed by atoms with E-state index >= 15 is 0 Å². The second-order valence-corrected chi connectivity index (χ2v) is 6.15. The number of piperidine rings is 1. The van der Waals surface area contributed by atoms with Crippen molar-refractivity contribution in [2.45, 2.75) is 43.7 Å². The van der Waals surface area contributed by atoms with Gasteiger partial charge in [-0.3, -0.25) is 0 Å². The van der Waals surface area contributed by atoms with Crippen LogP contribution in [0.5, 0.6) is 0 Å². The number of rotatable bonds is 2. The van der Waals surface area contributed by atoms with Gasteiger partial charge in [-0.15, -0.1) is 0 Å². The number of hydrogen-bond acceptors (Lipinski definition) is 4. The highest BCUT2D eigenvalue weighted by atomic mass is 15.1. The van der Waals surface area contributed by atoms with Crippen LogP contribution in [0.1, 0.15) is 32.1 Å². The summed E-state index contributed by atoms with van der Waals surface area (Å²) in [5, 5.41) is 8.33. The normalized spacial score (nSPS) is 24.5. The van der Waals surface area contributed by atoms with E-state index < -0.39 is 0 Å². The largest absolute Gasteiger partial charge is 0.351 e. The summed E-state index contributed by atoms with van der Waals surface area (Å²) in [5.74, 6) is 0.769. The Kier molecular flexibility index (Phi) is 2.84. The van der Waals surface area contributed by atoms with Crippen LogP contribution in [0.25, 0.3) is 10.9 Å². The van der Waals surface area contributed by atoms with Gasteiger partial charge in [0.05, 0.1) is 5.52 Å². The first-order valence-electron chi connectivity index (χ1n) is 7.56. The molecule has 2 aliphatic rings. The van der Waals surface area contributed by atoms with Crippen molar-refractivity contribution in [2.75, 3.05) is 11.9 Å². The van der Waals surface area contributed by atoms with E-state index in [0.717, 1.165) is 29.8 Å². The van der Waals surface area contributed by atoms with Gasteiger partial charge in [-0.1, -0.05) is 18.2 Å². The van der Waals surface area contributed by atoms with Gasteiger partial charge in [0.2, 0.25) is 5.95 Å². The molecule has 4 heteroatoms. The third-order valence-electron chi connectivity index (χ3n) is 4.76. The molecule has 1 saturated heterocycles. The SMILES string of the molecule is c1ccc2nc(NC3CCNC4(CCC4)C3)ncc2c1. The fraction of sp³-hybridized carbons (Fsp3) is 0.500. The highest BCUT2D eigenvalue weighted by Gasteiger charge is 2.40. The molecule has 4 nitrogen and oxygen atoms in total. The van der Waals surface area contributed by atoms with E-state index in [0.29, 0.717) is 11.6 Å². The highest BCUT2D eigenvalue weighted by molar-refractivity contribution is 5.78. The van der Waals surface area contributed by atoms with Crippen LogP contribution in [0.2, 0.25) is 0 Å². The van der Waals surface area contributed by atoms with Gasteiger partial charge in [0.25, 0.3) is 0 Å².